The van der Waals surface area contributed by atoms with Crippen LogP contribution in [0.1, 0.15) is 49.6 Å². The Hall–Kier alpha value is -4.98. The van der Waals surface area contributed by atoms with Gasteiger partial charge in [-0.05, 0) is 48.6 Å². The van der Waals surface area contributed by atoms with Crippen LogP contribution >= 0.6 is 11.3 Å². The summed E-state index contributed by atoms with van der Waals surface area (Å²) >= 11 is 0.715. The Morgan fingerprint density at radius 1 is 1.06 bits per heavy atom. The summed E-state index contributed by atoms with van der Waals surface area (Å²) in [5, 5.41) is 23.5. The number of ether oxygens (including phenoxy) is 3. The van der Waals surface area contributed by atoms with Crippen LogP contribution in [-0.4, -0.2) is 56.3 Å². The minimum Gasteiger partial charge on any atom is -0.497 e. The maximum atomic E-state index is 13.7. The number of carbonyl (C=O) groups is 1. The summed E-state index contributed by atoms with van der Waals surface area (Å²) in [7, 11) is 1.59. The Labute approximate surface area is 279 Å². The van der Waals surface area contributed by atoms with Gasteiger partial charge < -0.3 is 29.7 Å². The normalized spacial score (nSPS) is 19.1. The Morgan fingerprint density at radius 3 is 2.23 bits per heavy atom. The van der Waals surface area contributed by atoms with Gasteiger partial charge in [-0.25, -0.2) is 4.79 Å². The van der Waals surface area contributed by atoms with Crippen molar-refractivity contribution in [2.45, 2.75) is 56.8 Å². The number of fused-ring (bicyclic) bond motifs is 1. The number of methoxy groups -OCH3 is 1. The summed E-state index contributed by atoms with van der Waals surface area (Å²) in [5.74, 6) is 0.104. The van der Waals surface area contributed by atoms with Gasteiger partial charge >= 0.3 is 11.0 Å². The highest BCUT2D eigenvalue weighted by molar-refractivity contribution is 7.16. The van der Waals surface area contributed by atoms with Gasteiger partial charge in [0.1, 0.15) is 28.3 Å². The maximum absolute atomic E-state index is 13.7. The fourth-order valence-electron chi connectivity index (χ4n) is 6.48. The van der Waals surface area contributed by atoms with Crippen molar-refractivity contribution in [3.63, 3.8) is 0 Å². The number of hydrogen-bond donors (Lipinski definition) is 4. The van der Waals surface area contributed by atoms with Crippen molar-refractivity contribution in [2.24, 2.45) is 5.92 Å². The molecule has 250 valence electrons. The van der Waals surface area contributed by atoms with Crippen molar-refractivity contribution < 1.29 is 29.2 Å². The molecule has 48 heavy (non-hydrogen) atoms. The monoisotopic (exact) mass is 672 g/mol. The lowest BCUT2D eigenvalue weighted by Gasteiger charge is -2.37. The van der Waals surface area contributed by atoms with Crippen LogP contribution in [0.4, 0.5) is 10.7 Å². The molecule has 0 aliphatic carbocycles. The molecule has 1 fully saturated rings. The summed E-state index contributed by atoms with van der Waals surface area (Å²) in [6.07, 6.45) is -4.34. The van der Waals surface area contributed by atoms with Gasteiger partial charge in [0.25, 0.3) is 5.56 Å². The first-order valence-electron chi connectivity index (χ1n) is 15.6. The first-order valence-corrected chi connectivity index (χ1v) is 16.4. The highest BCUT2D eigenvalue weighted by Crippen LogP contribution is 2.42. The van der Waals surface area contributed by atoms with Crippen LogP contribution in [0, 0.1) is 5.92 Å². The zero-order chi connectivity index (χ0) is 34.0. The average Bonchev–Trinajstić information content (AvgIpc) is 3.68. The molecule has 4 N–H and O–H groups in total. The number of carboxylic acid groups (broad SMARTS) is 1. The molecule has 0 unspecified atom stereocenters. The number of hydrogen-bond acceptors (Lipinski definition) is 10. The number of aliphatic hydroxyl groups is 1. The van der Waals surface area contributed by atoms with Gasteiger partial charge in [0.15, 0.2) is 5.65 Å². The fourth-order valence-corrected chi connectivity index (χ4v) is 7.32. The van der Waals surface area contributed by atoms with Crippen LogP contribution in [0.25, 0.3) is 10.3 Å². The largest absolute Gasteiger partial charge is 0.506 e. The van der Waals surface area contributed by atoms with E-state index in [4.69, 9.17) is 19.2 Å². The summed E-state index contributed by atoms with van der Waals surface area (Å²) in [5.41, 5.74) is 0.963. The minimum atomic E-state index is -1.47. The van der Waals surface area contributed by atoms with Crippen molar-refractivity contribution in [1.29, 1.82) is 0 Å². The molecule has 0 radical (unpaired) electrons. The van der Waals surface area contributed by atoms with Crippen LogP contribution < -0.4 is 20.5 Å². The summed E-state index contributed by atoms with van der Waals surface area (Å²) < 4.78 is 18.1. The molecule has 1 aliphatic rings. The standard InChI is InChI=1S/C35H36N4O8S/c1-4-26(40)27-19-25(20(2)46-34(43)44)31(47-27)39-29-28(48-33(39)42)30(41)37-32(36-29)38-35(21-11-7-5-8-12-21,22-13-9-6-10-14-22)23-15-17-24(45-3)18-16-23/h5-18,20,25-27,31,40H,4,19H2,1-3H3,(H,43,44)(H2,36,37,38,41)/t20-,25+,26+,27+,31-/m1/s1. The van der Waals surface area contributed by atoms with E-state index in [-0.39, 0.29) is 22.7 Å². The lowest BCUT2D eigenvalue weighted by atomic mass is 9.77. The van der Waals surface area contributed by atoms with Crippen molar-refractivity contribution in [3.05, 3.63) is 122 Å². The van der Waals surface area contributed by atoms with E-state index in [0.717, 1.165) is 16.7 Å². The van der Waals surface area contributed by atoms with E-state index in [0.29, 0.717) is 23.5 Å². The van der Waals surface area contributed by atoms with E-state index < -0.39 is 52.6 Å². The van der Waals surface area contributed by atoms with Gasteiger partial charge in [0.05, 0.1) is 19.3 Å². The van der Waals surface area contributed by atoms with Crippen LogP contribution in [0.5, 0.6) is 5.75 Å². The molecule has 0 bridgehead atoms. The van der Waals surface area contributed by atoms with Crippen molar-refractivity contribution in [1.82, 2.24) is 14.5 Å². The predicted octanol–water partition coefficient (Wildman–Crippen LogP) is 5.32. The lowest BCUT2D eigenvalue weighted by molar-refractivity contribution is -0.0759. The second kappa shape index (κ2) is 13.6. The Morgan fingerprint density at radius 2 is 1.67 bits per heavy atom. The molecular formula is C35H36N4O8S. The zero-order valence-electron chi connectivity index (χ0n) is 26.5. The molecule has 2 aromatic heterocycles. The molecule has 6 rings (SSSR count). The van der Waals surface area contributed by atoms with E-state index in [1.54, 1.807) is 21.0 Å². The number of anilines is 1. The molecule has 3 heterocycles. The van der Waals surface area contributed by atoms with Gasteiger partial charge in [0.2, 0.25) is 5.95 Å². The van der Waals surface area contributed by atoms with Crippen molar-refractivity contribution in [2.75, 3.05) is 12.4 Å². The zero-order valence-corrected chi connectivity index (χ0v) is 27.3. The Balaban J connectivity index is 1.54. The average molecular weight is 673 g/mol. The first kappa shape index (κ1) is 32.9. The Kier molecular flexibility index (Phi) is 9.35. The molecule has 5 atom stereocenters. The number of thiazole rings is 1. The number of nitrogens with zero attached hydrogens (tertiary/aromatic N) is 2. The number of aliphatic hydroxyl groups excluding tert-OH is 1. The molecule has 0 spiro atoms. The van der Waals surface area contributed by atoms with Crippen molar-refractivity contribution in [3.8, 4) is 5.75 Å². The van der Waals surface area contributed by atoms with E-state index in [2.05, 4.69) is 10.3 Å². The van der Waals surface area contributed by atoms with Gasteiger partial charge in [-0.15, -0.1) is 0 Å². The number of benzene rings is 3. The minimum absolute atomic E-state index is 0.0603. The van der Waals surface area contributed by atoms with E-state index in [1.165, 1.54) is 4.57 Å². The molecular weight excluding hydrogens is 636 g/mol. The van der Waals surface area contributed by atoms with Crippen molar-refractivity contribution >= 4 is 33.8 Å². The lowest BCUT2D eigenvalue weighted by Crippen LogP contribution is -2.39. The smallest absolute Gasteiger partial charge is 0.497 e. The number of nitrogens with one attached hydrogen (secondary N) is 2. The third kappa shape index (κ3) is 6.07. The van der Waals surface area contributed by atoms with Crippen LogP contribution in [0.15, 0.2) is 94.5 Å². The third-order valence-corrected chi connectivity index (χ3v) is 9.84. The fraction of sp³-hybridized carbons (Fsp3) is 0.314. The van der Waals surface area contributed by atoms with E-state index in [9.17, 15) is 24.6 Å². The number of rotatable bonds is 11. The highest BCUT2D eigenvalue weighted by Gasteiger charge is 2.45. The first-order chi connectivity index (χ1) is 23.2. The highest BCUT2D eigenvalue weighted by atomic mass is 32.1. The van der Waals surface area contributed by atoms with E-state index >= 15 is 0 Å². The molecule has 1 aliphatic heterocycles. The molecule has 0 saturated carbocycles. The molecule has 1 saturated heterocycles. The Bertz CT molecular complexity index is 1960. The second-order valence-electron chi connectivity index (χ2n) is 11.7. The molecule has 5 aromatic rings. The van der Waals surface area contributed by atoms with Gasteiger partial charge in [-0.2, -0.15) is 4.98 Å². The quantitative estimate of drug-likeness (QED) is 0.107. The molecule has 12 nitrogen and oxygen atoms in total. The number of aromatic amines is 1. The third-order valence-electron chi connectivity index (χ3n) is 8.89. The SMILES string of the molecule is CC[C@H](O)[C@@H]1C[C@@H]([C@@H](C)OC(=O)O)[C@H](n2c(=O)sc3c(=O)[nH]c(NC(c4ccccc4)(c4ccccc4)c4ccc(OC)cc4)nc32)O1. The molecule has 13 heteroatoms. The van der Waals surface area contributed by atoms with Gasteiger partial charge in [-0.3, -0.25) is 19.1 Å². The number of aromatic nitrogens is 3. The number of H-pyrrole nitrogens is 1. The van der Waals surface area contributed by atoms with E-state index in [1.807, 2.05) is 84.9 Å². The maximum Gasteiger partial charge on any atom is 0.506 e. The topological polar surface area (TPSA) is 165 Å². The second-order valence-corrected chi connectivity index (χ2v) is 12.6. The molecule has 3 aromatic carbocycles. The predicted molar refractivity (Wildman–Crippen MR) is 181 cm³/mol. The van der Waals surface area contributed by atoms with Gasteiger partial charge in [-0.1, -0.05) is 91.1 Å². The van der Waals surface area contributed by atoms with Crippen LogP contribution in [0.3, 0.4) is 0 Å². The van der Waals surface area contributed by atoms with Gasteiger partial charge in [0, 0.05) is 5.92 Å². The summed E-state index contributed by atoms with van der Waals surface area (Å²) in [4.78, 5) is 45.9. The molecule has 0 amide bonds. The summed E-state index contributed by atoms with van der Waals surface area (Å²) in [6, 6.07) is 27.0. The summed E-state index contributed by atoms with van der Waals surface area (Å²) in [6.45, 7) is 3.37. The van der Waals surface area contributed by atoms with Crippen LogP contribution in [0.2, 0.25) is 0 Å². The van der Waals surface area contributed by atoms with Crippen LogP contribution in [-0.2, 0) is 15.0 Å².